The topological polar surface area (TPSA) is 129 Å². The van der Waals surface area contributed by atoms with E-state index in [9.17, 15) is 41.1 Å². The van der Waals surface area contributed by atoms with E-state index in [2.05, 4.69) is 10.3 Å². The van der Waals surface area contributed by atoms with Crippen LogP contribution < -0.4 is 21.9 Å². The average Bonchev–Trinajstić information content (AvgIpc) is 3.48. The van der Waals surface area contributed by atoms with Gasteiger partial charge in [-0.3, -0.25) is 14.2 Å². The van der Waals surface area contributed by atoms with Crippen molar-refractivity contribution in [3.63, 3.8) is 0 Å². The molecule has 240 valence electrons. The summed E-state index contributed by atoms with van der Waals surface area (Å²) < 4.78 is 77.7. The molecule has 2 atom stereocenters. The maximum Gasteiger partial charge on any atom is 0.408 e. The van der Waals surface area contributed by atoms with Crippen molar-refractivity contribution in [1.82, 2.24) is 23.8 Å². The van der Waals surface area contributed by atoms with E-state index in [0.29, 0.717) is 29.1 Å². The van der Waals surface area contributed by atoms with Crippen LogP contribution in [0.3, 0.4) is 0 Å². The van der Waals surface area contributed by atoms with E-state index in [1.165, 1.54) is 42.4 Å². The monoisotopic (exact) mass is 636 g/mol. The summed E-state index contributed by atoms with van der Waals surface area (Å²) in [5, 5.41) is 4.24. The highest BCUT2D eigenvalue weighted by molar-refractivity contribution is 5.97. The number of nitrogens with one attached hydrogen (secondary N) is 2. The van der Waals surface area contributed by atoms with Crippen LogP contribution >= 0.6 is 0 Å². The Hall–Kier alpha value is -5.02. The quantitative estimate of drug-likeness (QED) is 0.213. The number of ether oxygens (including phenoxy) is 1. The zero-order valence-corrected chi connectivity index (χ0v) is 24.8. The summed E-state index contributed by atoms with van der Waals surface area (Å²) in [4.78, 5) is 55.4. The molecule has 0 unspecified atom stereocenters. The molecular formula is C29H29F5N6O5. The molecule has 16 heteroatoms. The minimum absolute atomic E-state index is 0.213. The number of carbonyl (C=O) groups excluding carboxylic acids is 2. The van der Waals surface area contributed by atoms with Crippen molar-refractivity contribution in [3.8, 4) is 11.1 Å². The minimum Gasteiger partial charge on any atom is -0.467 e. The molecule has 0 aliphatic rings. The van der Waals surface area contributed by atoms with Crippen molar-refractivity contribution in [3.05, 3.63) is 86.1 Å². The van der Waals surface area contributed by atoms with Crippen molar-refractivity contribution in [2.75, 3.05) is 12.4 Å². The van der Waals surface area contributed by atoms with Gasteiger partial charge in [0.25, 0.3) is 11.5 Å². The van der Waals surface area contributed by atoms with Crippen molar-refractivity contribution in [2.24, 2.45) is 14.1 Å². The van der Waals surface area contributed by atoms with E-state index in [4.69, 9.17) is 4.74 Å². The number of hydrogen-bond donors (Lipinski definition) is 2. The molecule has 3 aromatic heterocycles. The van der Waals surface area contributed by atoms with E-state index in [0.717, 1.165) is 11.7 Å². The second kappa shape index (κ2) is 12.5. The molecule has 2 N–H and O–H groups in total. The van der Waals surface area contributed by atoms with Gasteiger partial charge in [0, 0.05) is 55.5 Å². The Morgan fingerprint density at radius 3 is 2.29 bits per heavy atom. The molecule has 0 saturated carbocycles. The second-order valence-corrected chi connectivity index (χ2v) is 10.2. The van der Waals surface area contributed by atoms with Crippen LogP contribution in [0.25, 0.3) is 16.8 Å². The Morgan fingerprint density at radius 2 is 1.71 bits per heavy atom. The summed E-state index contributed by atoms with van der Waals surface area (Å²) in [6.07, 6.45) is -2.40. The maximum atomic E-state index is 14.9. The van der Waals surface area contributed by atoms with Gasteiger partial charge in [0.05, 0.1) is 12.7 Å². The van der Waals surface area contributed by atoms with E-state index >= 15 is 0 Å². The Labute approximate surface area is 252 Å². The van der Waals surface area contributed by atoms with Crippen molar-refractivity contribution in [2.45, 2.75) is 44.9 Å². The molecule has 0 saturated heterocycles. The van der Waals surface area contributed by atoms with Gasteiger partial charge < -0.3 is 24.3 Å². The summed E-state index contributed by atoms with van der Waals surface area (Å²) >= 11 is 0. The molecular weight excluding hydrogens is 607 g/mol. The van der Waals surface area contributed by atoms with Gasteiger partial charge >= 0.3 is 17.8 Å². The van der Waals surface area contributed by atoms with Gasteiger partial charge in [0.2, 0.25) is 0 Å². The number of benzene rings is 1. The first kappa shape index (κ1) is 32.9. The summed E-state index contributed by atoms with van der Waals surface area (Å²) in [5.41, 5.74) is -1.07. The van der Waals surface area contributed by atoms with Gasteiger partial charge in [-0.15, -0.1) is 0 Å². The first-order valence-corrected chi connectivity index (χ1v) is 13.5. The maximum absolute atomic E-state index is 14.9. The predicted molar refractivity (Wildman–Crippen MR) is 153 cm³/mol. The van der Waals surface area contributed by atoms with Gasteiger partial charge in [0.1, 0.15) is 34.9 Å². The van der Waals surface area contributed by atoms with Crippen LogP contribution in [-0.2, 0) is 30.0 Å². The number of anilines is 1. The van der Waals surface area contributed by atoms with E-state index in [1.54, 1.807) is 19.1 Å². The molecule has 0 aliphatic carbocycles. The lowest BCUT2D eigenvalue weighted by atomic mass is 10.0. The zero-order chi connectivity index (χ0) is 33.4. The molecule has 4 rings (SSSR count). The largest absolute Gasteiger partial charge is 0.467 e. The fourth-order valence-corrected chi connectivity index (χ4v) is 4.95. The van der Waals surface area contributed by atoms with E-state index < -0.39 is 70.7 Å². The highest BCUT2D eigenvalue weighted by Gasteiger charge is 2.38. The summed E-state index contributed by atoms with van der Waals surface area (Å²) in [6.45, 7) is 2.85. The lowest BCUT2D eigenvalue weighted by Crippen LogP contribution is -2.44. The van der Waals surface area contributed by atoms with Crippen LogP contribution in [0, 0.1) is 18.6 Å². The van der Waals surface area contributed by atoms with Crippen molar-refractivity contribution in [1.29, 1.82) is 0 Å². The number of imidazole rings is 1. The van der Waals surface area contributed by atoms with E-state index in [1.807, 2.05) is 5.32 Å². The Balaban J connectivity index is 1.67. The van der Waals surface area contributed by atoms with Crippen LogP contribution in [0.5, 0.6) is 0 Å². The molecule has 1 aromatic carbocycles. The average molecular weight is 637 g/mol. The summed E-state index contributed by atoms with van der Waals surface area (Å²) in [6, 6.07) is 0.655. The Bertz CT molecular complexity index is 1890. The lowest BCUT2D eigenvalue weighted by molar-refractivity contribution is -0.143. The number of pyridine rings is 1. The third-order valence-electron chi connectivity index (χ3n) is 7.48. The third kappa shape index (κ3) is 6.30. The molecule has 0 aliphatic heterocycles. The van der Waals surface area contributed by atoms with Crippen LogP contribution in [-0.4, -0.2) is 55.8 Å². The number of hydrogen-bond acceptors (Lipinski definition) is 7. The number of carbonyl (C=O) groups is 2. The number of fused-ring (bicyclic) bond motifs is 1. The number of amides is 1. The van der Waals surface area contributed by atoms with Gasteiger partial charge in [-0.1, -0.05) is 6.92 Å². The minimum atomic E-state index is -4.68. The smallest absolute Gasteiger partial charge is 0.408 e. The molecule has 0 radical (unpaired) electrons. The Kier molecular flexibility index (Phi) is 9.16. The molecule has 0 fully saturated rings. The highest BCUT2D eigenvalue weighted by atomic mass is 19.4. The van der Waals surface area contributed by atoms with E-state index in [-0.39, 0.29) is 17.6 Å². The fourth-order valence-electron chi connectivity index (χ4n) is 4.95. The number of esters is 1. The van der Waals surface area contributed by atoms with Crippen LogP contribution in [0.2, 0.25) is 0 Å². The number of nitrogens with zero attached hydrogens (tertiary/aromatic N) is 4. The molecule has 1 amide bonds. The highest BCUT2D eigenvalue weighted by Crippen LogP contribution is 2.28. The van der Waals surface area contributed by atoms with Crippen LogP contribution in [0.1, 0.15) is 35.1 Å². The van der Waals surface area contributed by atoms with Crippen molar-refractivity contribution < 1.29 is 36.3 Å². The standard InChI is InChI=1S/C29H29F5N6O5/c1-6-21(29(32,33)34)36-15-11-18(30)23(19(31)12-15)25(41)37-20(27(43)45-5)13-16-7-8-17(24-35-9-10-40(16)24)22-14(2)38(3)28(44)39(4)26(22)42/h7-12,20-21,36H,6,13H2,1-5H3,(H,37,41)/t20-,21+/m0/s1. The Morgan fingerprint density at radius 1 is 1.07 bits per heavy atom. The number of alkyl halides is 3. The number of rotatable bonds is 9. The second-order valence-electron chi connectivity index (χ2n) is 10.2. The molecule has 0 spiro atoms. The first-order valence-electron chi connectivity index (χ1n) is 13.5. The molecule has 45 heavy (non-hydrogen) atoms. The molecule has 4 aromatic rings. The first-order chi connectivity index (χ1) is 21.1. The van der Waals surface area contributed by atoms with Crippen molar-refractivity contribution >= 4 is 23.2 Å². The lowest BCUT2D eigenvalue weighted by Gasteiger charge is -2.22. The summed E-state index contributed by atoms with van der Waals surface area (Å²) in [7, 11) is 3.90. The molecule has 0 bridgehead atoms. The van der Waals surface area contributed by atoms with Gasteiger partial charge in [-0.2, -0.15) is 13.2 Å². The number of halogens is 5. The SMILES string of the molecule is CC[C@@H](Nc1cc(F)c(C(=O)N[C@@H](Cc2ccc(-c3c(C)n(C)c(=O)n(C)c3=O)c3nccn23)C(=O)OC)c(F)c1)C(F)(F)F. The predicted octanol–water partition coefficient (Wildman–Crippen LogP) is 3.25. The van der Waals surface area contributed by atoms with Gasteiger partial charge in [-0.05, 0) is 37.6 Å². The molecule has 11 nitrogen and oxygen atoms in total. The van der Waals surface area contributed by atoms with Gasteiger partial charge in [0.15, 0.2) is 0 Å². The van der Waals surface area contributed by atoms with Gasteiger partial charge in [-0.25, -0.2) is 23.4 Å². The zero-order valence-electron chi connectivity index (χ0n) is 24.8. The van der Waals surface area contributed by atoms with Crippen LogP contribution in [0.4, 0.5) is 27.6 Å². The fraction of sp³-hybridized carbons (Fsp3) is 0.345. The number of aromatic nitrogens is 4. The number of methoxy groups -OCH3 is 1. The summed E-state index contributed by atoms with van der Waals surface area (Å²) in [5.74, 6) is -5.21. The third-order valence-corrected chi connectivity index (χ3v) is 7.48. The van der Waals surface area contributed by atoms with Crippen LogP contribution in [0.15, 0.2) is 46.2 Å². The normalized spacial score (nSPS) is 13.0. The molecule has 3 heterocycles.